The van der Waals surface area contributed by atoms with Gasteiger partial charge in [0.05, 0.1) is 6.04 Å². The van der Waals surface area contributed by atoms with Gasteiger partial charge in [-0.2, -0.15) is 0 Å². The van der Waals surface area contributed by atoms with Crippen molar-refractivity contribution in [2.75, 3.05) is 13.1 Å². The van der Waals surface area contributed by atoms with Crippen molar-refractivity contribution in [3.05, 3.63) is 76.9 Å². The van der Waals surface area contributed by atoms with Crippen LogP contribution in [0.3, 0.4) is 0 Å². The Morgan fingerprint density at radius 1 is 1.24 bits per heavy atom. The number of carbonyl (C=O) groups excluding carboxylic acids is 1. The Kier molecular flexibility index (Phi) is 5.67. The van der Waals surface area contributed by atoms with Crippen molar-refractivity contribution >= 4 is 12.0 Å². The summed E-state index contributed by atoms with van der Waals surface area (Å²) in [6.07, 6.45) is 5.05. The van der Waals surface area contributed by atoms with Gasteiger partial charge in [0.1, 0.15) is 0 Å². The minimum absolute atomic E-state index is 0.00541. The highest BCUT2D eigenvalue weighted by Gasteiger charge is 2.29. The third-order valence-corrected chi connectivity index (χ3v) is 4.86. The van der Waals surface area contributed by atoms with Gasteiger partial charge in [-0.25, -0.2) is 0 Å². The molecule has 1 unspecified atom stereocenters. The number of carbonyl (C=O) groups is 1. The molecule has 2 aromatic rings. The van der Waals surface area contributed by atoms with Crippen LogP contribution in [0.1, 0.15) is 46.9 Å². The van der Waals surface area contributed by atoms with Gasteiger partial charge in [-0.1, -0.05) is 55.5 Å². The van der Waals surface area contributed by atoms with Crippen LogP contribution in [-0.2, 0) is 6.42 Å². The van der Waals surface area contributed by atoms with Gasteiger partial charge < -0.3 is 10.6 Å². The molecule has 3 rings (SSSR count). The third kappa shape index (κ3) is 3.99. The lowest BCUT2D eigenvalue weighted by Gasteiger charge is -2.35. The maximum Gasteiger partial charge on any atom is 0.251 e. The zero-order chi connectivity index (χ0) is 17.6. The Morgan fingerprint density at radius 3 is 2.60 bits per heavy atom. The van der Waals surface area contributed by atoms with Crippen LogP contribution >= 0.6 is 0 Å². The molecule has 1 saturated heterocycles. The summed E-state index contributed by atoms with van der Waals surface area (Å²) in [4.78, 5) is 12.9. The maximum atomic E-state index is 12.9. The molecule has 0 saturated carbocycles. The molecule has 3 nitrogen and oxygen atoms in total. The third-order valence-electron chi connectivity index (χ3n) is 4.86. The number of aryl methyl sites for hydroxylation is 1. The van der Waals surface area contributed by atoms with Gasteiger partial charge in [-0.05, 0) is 42.2 Å². The van der Waals surface area contributed by atoms with E-state index >= 15 is 0 Å². The molecular weight excluding hydrogens is 308 g/mol. The summed E-state index contributed by atoms with van der Waals surface area (Å²) in [6.45, 7) is 6.02. The first kappa shape index (κ1) is 17.4. The lowest BCUT2D eigenvalue weighted by atomic mass is 9.88. The van der Waals surface area contributed by atoms with Gasteiger partial charge in [-0.3, -0.25) is 4.79 Å². The first-order chi connectivity index (χ1) is 12.2. The average Bonchev–Trinajstić information content (AvgIpc) is 2.60. The molecule has 0 aliphatic carbocycles. The van der Waals surface area contributed by atoms with Crippen molar-refractivity contribution in [1.29, 1.82) is 0 Å². The normalized spacial score (nSPS) is 15.8. The Morgan fingerprint density at radius 2 is 2.00 bits per heavy atom. The molecule has 0 bridgehead atoms. The fraction of sp³-hybridized carbons (Fsp3) is 0.318. The van der Waals surface area contributed by atoms with E-state index in [0.717, 1.165) is 30.6 Å². The molecule has 0 aromatic heterocycles. The van der Waals surface area contributed by atoms with Gasteiger partial charge in [0.2, 0.25) is 0 Å². The quantitative estimate of drug-likeness (QED) is 0.839. The van der Waals surface area contributed by atoms with Crippen molar-refractivity contribution < 1.29 is 4.79 Å². The number of nitrogens with one attached hydrogen (secondary N) is 2. The van der Waals surface area contributed by atoms with E-state index in [0.29, 0.717) is 5.92 Å². The molecule has 1 amide bonds. The predicted octanol–water partition coefficient (Wildman–Crippen LogP) is 3.97. The van der Waals surface area contributed by atoms with Crippen LogP contribution in [0.2, 0.25) is 0 Å². The van der Waals surface area contributed by atoms with E-state index in [-0.39, 0.29) is 11.9 Å². The monoisotopic (exact) mass is 334 g/mol. The first-order valence-electron chi connectivity index (χ1n) is 9.05. The zero-order valence-electron chi connectivity index (χ0n) is 15.0. The van der Waals surface area contributed by atoms with E-state index in [4.69, 9.17) is 0 Å². The summed E-state index contributed by atoms with van der Waals surface area (Å²) in [5, 5.41) is 6.56. The van der Waals surface area contributed by atoms with Crippen molar-refractivity contribution in [3.63, 3.8) is 0 Å². The zero-order valence-corrected chi connectivity index (χ0v) is 15.0. The van der Waals surface area contributed by atoms with Gasteiger partial charge in [0, 0.05) is 24.6 Å². The molecule has 1 aliphatic rings. The summed E-state index contributed by atoms with van der Waals surface area (Å²) < 4.78 is 0. The number of hydrogen-bond donors (Lipinski definition) is 2. The van der Waals surface area contributed by atoms with Crippen molar-refractivity contribution in [1.82, 2.24) is 10.6 Å². The molecule has 0 radical (unpaired) electrons. The SMILES string of the molecule is C/C=C\c1cc(C(=O)NC(c2ccccc2)C2CNC2)ccc1CC. The fourth-order valence-electron chi connectivity index (χ4n) is 3.30. The number of rotatable bonds is 6. The highest BCUT2D eigenvalue weighted by molar-refractivity contribution is 5.95. The summed E-state index contributed by atoms with van der Waals surface area (Å²) >= 11 is 0. The molecule has 2 N–H and O–H groups in total. The van der Waals surface area contributed by atoms with Crippen molar-refractivity contribution in [2.24, 2.45) is 5.92 Å². The van der Waals surface area contributed by atoms with Crippen LogP contribution in [0, 0.1) is 5.92 Å². The topological polar surface area (TPSA) is 41.1 Å². The molecule has 1 atom stereocenters. The lowest BCUT2D eigenvalue weighted by Crippen LogP contribution is -2.50. The average molecular weight is 334 g/mol. The summed E-state index contributed by atoms with van der Waals surface area (Å²) in [5.74, 6) is 0.436. The van der Waals surface area contributed by atoms with E-state index in [1.807, 2.05) is 43.3 Å². The largest absolute Gasteiger partial charge is 0.345 e. The van der Waals surface area contributed by atoms with Crippen LogP contribution in [0.4, 0.5) is 0 Å². The van der Waals surface area contributed by atoms with Gasteiger partial charge in [0.15, 0.2) is 0 Å². The maximum absolute atomic E-state index is 12.9. The molecular formula is C22H26N2O. The Hall–Kier alpha value is -2.39. The first-order valence-corrected chi connectivity index (χ1v) is 9.05. The van der Waals surface area contributed by atoms with Gasteiger partial charge in [0.25, 0.3) is 5.91 Å². The number of allylic oxidation sites excluding steroid dienone is 1. The highest BCUT2D eigenvalue weighted by atomic mass is 16.1. The second kappa shape index (κ2) is 8.13. The van der Waals surface area contributed by atoms with Gasteiger partial charge >= 0.3 is 0 Å². The molecule has 130 valence electrons. The summed E-state index contributed by atoms with van der Waals surface area (Å²) in [7, 11) is 0. The number of amides is 1. The fourth-order valence-corrected chi connectivity index (χ4v) is 3.30. The number of benzene rings is 2. The smallest absolute Gasteiger partial charge is 0.251 e. The van der Waals surface area contributed by atoms with E-state index in [9.17, 15) is 4.79 Å². The molecule has 25 heavy (non-hydrogen) atoms. The van der Waals surface area contributed by atoms with E-state index in [1.165, 1.54) is 11.1 Å². The molecule has 1 fully saturated rings. The number of hydrogen-bond acceptors (Lipinski definition) is 2. The van der Waals surface area contributed by atoms with Crippen LogP contribution in [0.15, 0.2) is 54.6 Å². The molecule has 1 aliphatic heterocycles. The Labute approximate surface area is 150 Å². The van der Waals surface area contributed by atoms with Crippen LogP contribution in [0.5, 0.6) is 0 Å². The van der Waals surface area contributed by atoms with Crippen molar-refractivity contribution in [2.45, 2.75) is 26.3 Å². The minimum atomic E-state index is -0.00541. The Balaban J connectivity index is 1.83. The lowest BCUT2D eigenvalue weighted by molar-refractivity contribution is 0.0909. The summed E-state index contributed by atoms with van der Waals surface area (Å²) in [6, 6.07) is 16.3. The van der Waals surface area contributed by atoms with E-state index in [2.05, 4.69) is 41.8 Å². The minimum Gasteiger partial charge on any atom is -0.345 e. The molecule has 3 heteroatoms. The molecule has 2 aromatic carbocycles. The second-order valence-electron chi connectivity index (χ2n) is 6.55. The van der Waals surface area contributed by atoms with Crippen LogP contribution in [0.25, 0.3) is 6.08 Å². The highest BCUT2D eigenvalue weighted by Crippen LogP contribution is 2.26. The predicted molar refractivity (Wildman–Crippen MR) is 104 cm³/mol. The molecule has 1 heterocycles. The van der Waals surface area contributed by atoms with Crippen molar-refractivity contribution in [3.8, 4) is 0 Å². The van der Waals surface area contributed by atoms with Gasteiger partial charge in [-0.15, -0.1) is 0 Å². The van der Waals surface area contributed by atoms with Crippen LogP contribution < -0.4 is 10.6 Å². The van der Waals surface area contributed by atoms with E-state index < -0.39 is 0 Å². The second-order valence-corrected chi connectivity index (χ2v) is 6.55. The Bertz CT molecular complexity index is 748. The summed E-state index contributed by atoms with van der Waals surface area (Å²) in [5.41, 5.74) is 4.27. The standard InChI is InChI=1S/C22H26N2O/c1-3-8-18-13-19(12-11-16(18)4-2)22(25)24-21(20-14-23-15-20)17-9-6-5-7-10-17/h3,5-13,20-21,23H,4,14-15H2,1-2H3,(H,24,25)/b8-3-. The van der Waals surface area contributed by atoms with Crippen LogP contribution in [-0.4, -0.2) is 19.0 Å². The van der Waals surface area contributed by atoms with E-state index in [1.54, 1.807) is 0 Å². The molecule has 0 spiro atoms.